The molecule has 0 spiro atoms. The highest BCUT2D eigenvalue weighted by Gasteiger charge is 2.15. The van der Waals surface area contributed by atoms with Gasteiger partial charge in [-0.25, -0.2) is 9.78 Å². The normalized spacial score (nSPS) is 10.3. The van der Waals surface area contributed by atoms with Crippen molar-refractivity contribution in [2.24, 2.45) is 0 Å². The summed E-state index contributed by atoms with van der Waals surface area (Å²) in [7, 11) is 3.10. The third kappa shape index (κ3) is 3.81. The number of aromatic nitrogens is 4. The molecule has 2 rings (SSSR count). The van der Waals surface area contributed by atoms with Crippen molar-refractivity contribution in [1.82, 2.24) is 35.6 Å². The van der Waals surface area contributed by atoms with E-state index in [9.17, 15) is 9.59 Å². The minimum atomic E-state index is -0.452. The van der Waals surface area contributed by atoms with Gasteiger partial charge in [-0.1, -0.05) is 5.16 Å². The minimum absolute atomic E-state index is 0.0321. The Morgan fingerprint density at radius 2 is 2.23 bits per heavy atom. The van der Waals surface area contributed by atoms with Gasteiger partial charge in [-0.2, -0.15) is 4.98 Å². The second-order valence-corrected chi connectivity index (χ2v) is 4.62. The lowest BCUT2D eigenvalue weighted by Gasteiger charge is -2.15. The highest BCUT2D eigenvalue weighted by Crippen LogP contribution is 2.01. The van der Waals surface area contributed by atoms with Crippen LogP contribution in [-0.4, -0.2) is 51.0 Å². The van der Waals surface area contributed by atoms with Crippen LogP contribution in [0.4, 0.5) is 4.79 Å². The van der Waals surface area contributed by atoms with Crippen molar-refractivity contribution in [2.75, 3.05) is 14.1 Å². The second kappa shape index (κ2) is 6.70. The molecule has 0 aliphatic carbocycles. The summed E-state index contributed by atoms with van der Waals surface area (Å²) in [4.78, 5) is 35.7. The molecule has 10 nitrogen and oxygen atoms in total. The first-order valence-corrected chi connectivity index (χ1v) is 6.53. The van der Waals surface area contributed by atoms with Gasteiger partial charge in [0.2, 0.25) is 5.89 Å². The molecule has 2 heterocycles. The van der Waals surface area contributed by atoms with E-state index in [1.54, 1.807) is 13.2 Å². The number of amides is 3. The fourth-order valence-corrected chi connectivity index (χ4v) is 1.66. The number of urea groups is 1. The molecule has 2 aromatic rings. The monoisotopic (exact) mass is 307 g/mol. The molecule has 3 N–H and O–H groups in total. The van der Waals surface area contributed by atoms with Crippen LogP contribution in [0.25, 0.3) is 0 Å². The number of carbonyl (C=O) groups excluding carboxylic acids is 2. The van der Waals surface area contributed by atoms with Crippen molar-refractivity contribution in [3.05, 3.63) is 29.4 Å². The third-order valence-corrected chi connectivity index (χ3v) is 2.78. The van der Waals surface area contributed by atoms with Crippen molar-refractivity contribution in [3.8, 4) is 0 Å². The molecule has 0 aliphatic rings. The zero-order valence-electron chi connectivity index (χ0n) is 12.5. The van der Waals surface area contributed by atoms with Gasteiger partial charge in [0.15, 0.2) is 0 Å². The van der Waals surface area contributed by atoms with E-state index in [0.717, 1.165) is 5.69 Å². The molecule has 2 aromatic heterocycles. The number of rotatable bonds is 5. The van der Waals surface area contributed by atoms with Crippen molar-refractivity contribution < 1.29 is 14.1 Å². The van der Waals surface area contributed by atoms with Gasteiger partial charge in [-0.15, -0.1) is 0 Å². The molecule has 0 atom stereocenters. The summed E-state index contributed by atoms with van der Waals surface area (Å²) in [6.07, 6.45) is 1.69. The first-order valence-electron chi connectivity index (χ1n) is 6.53. The fourth-order valence-electron chi connectivity index (χ4n) is 1.66. The maximum atomic E-state index is 11.9. The van der Waals surface area contributed by atoms with E-state index < -0.39 is 5.91 Å². The summed E-state index contributed by atoms with van der Waals surface area (Å²) in [5, 5.41) is 8.49. The van der Waals surface area contributed by atoms with Gasteiger partial charge in [0.1, 0.15) is 5.82 Å². The van der Waals surface area contributed by atoms with Crippen LogP contribution in [0.3, 0.4) is 0 Å². The van der Waals surface area contributed by atoms with E-state index in [4.69, 9.17) is 4.52 Å². The number of carbonyl (C=O) groups is 2. The Morgan fingerprint density at radius 3 is 2.86 bits per heavy atom. The van der Waals surface area contributed by atoms with E-state index >= 15 is 0 Å². The topological polar surface area (TPSA) is 129 Å². The van der Waals surface area contributed by atoms with Crippen molar-refractivity contribution in [2.45, 2.75) is 20.0 Å². The summed E-state index contributed by atoms with van der Waals surface area (Å²) in [6.45, 7) is 2.26. The van der Waals surface area contributed by atoms with Gasteiger partial charge in [0.25, 0.3) is 11.7 Å². The molecule has 0 aliphatic heterocycles. The second-order valence-electron chi connectivity index (χ2n) is 4.62. The number of aromatic amines is 1. The molecule has 0 unspecified atom stereocenters. The molecule has 10 heteroatoms. The Labute approximate surface area is 126 Å². The van der Waals surface area contributed by atoms with Crippen LogP contribution in [0, 0.1) is 6.92 Å². The van der Waals surface area contributed by atoms with E-state index in [1.165, 1.54) is 11.9 Å². The number of H-pyrrole nitrogens is 1. The predicted molar refractivity (Wildman–Crippen MR) is 74.7 cm³/mol. The van der Waals surface area contributed by atoms with Crippen molar-refractivity contribution >= 4 is 11.9 Å². The fraction of sp³-hybridized carbons (Fsp3) is 0.417. The Bertz CT molecular complexity index is 663. The van der Waals surface area contributed by atoms with Crippen LogP contribution in [0.5, 0.6) is 0 Å². The first kappa shape index (κ1) is 15.5. The van der Waals surface area contributed by atoms with Gasteiger partial charge in [-0.05, 0) is 6.92 Å². The zero-order valence-corrected chi connectivity index (χ0v) is 12.5. The third-order valence-electron chi connectivity index (χ3n) is 2.78. The number of nitrogens with zero attached hydrogens (tertiary/aromatic N) is 4. The van der Waals surface area contributed by atoms with E-state index in [0.29, 0.717) is 12.4 Å². The lowest BCUT2D eigenvalue weighted by atomic mass is 10.5. The highest BCUT2D eigenvalue weighted by molar-refractivity contribution is 5.89. The lowest BCUT2D eigenvalue weighted by Crippen LogP contribution is -2.36. The Balaban J connectivity index is 1.84. The molecular weight excluding hydrogens is 290 g/mol. The minimum Gasteiger partial charge on any atom is -0.352 e. The number of hydrogen-bond acceptors (Lipinski definition) is 6. The van der Waals surface area contributed by atoms with Gasteiger partial charge in [-0.3, -0.25) is 4.79 Å². The average molecular weight is 307 g/mol. The van der Waals surface area contributed by atoms with Crippen LogP contribution in [-0.2, 0) is 13.1 Å². The van der Waals surface area contributed by atoms with Crippen LogP contribution in [0.1, 0.15) is 28.0 Å². The molecule has 0 fully saturated rings. The average Bonchev–Trinajstić information content (AvgIpc) is 3.13. The number of nitrogens with one attached hydrogen (secondary N) is 3. The van der Waals surface area contributed by atoms with Gasteiger partial charge in [0.05, 0.1) is 13.1 Å². The molecule has 3 amide bonds. The van der Waals surface area contributed by atoms with Crippen LogP contribution < -0.4 is 10.6 Å². The highest BCUT2D eigenvalue weighted by atomic mass is 16.5. The maximum Gasteiger partial charge on any atom is 0.317 e. The zero-order chi connectivity index (χ0) is 16.1. The molecule has 0 saturated heterocycles. The summed E-state index contributed by atoms with van der Waals surface area (Å²) < 4.78 is 4.87. The van der Waals surface area contributed by atoms with E-state index in [2.05, 4.69) is 30.7 Å². The standard InChI is InChI=1S/C12H17N7O3/c1-7-4-14-8(16-7)6-19(3)12(21)15-5-9-17-10(18-22-9)11(20)13-2/h4H,5-6H2,1-3H3,(H,13,20)(H,14,16)(H,15,21). The van der Waals surface area contributed by atoms with Gasteiger partial charge < -0.3 is 25.0 Å². The Morgan fingerprint density at radius 1 is 1.45 bits per heavy atom. The largest absolute Gasteiger partial charge is 0.352 e. The van der Waals surface area contributed by atoms with E-state index in [1.807, 2.05) is 6.92 Å². The van der Waals surface area contributed by atoms with E-state index in [-0.39, 0.29) is 24.3 Å². The Hall–Kier alpha value is -2.91. The Kier molecular flexibility index (Phi) is 4.71. The lowest BCUT2D eigenvalue weighted by molar-refractivity contribution is 0.0950. The van der Waals surface area contributed by atoms with Crippen molar-refractivity contribution in [3.63, 3.8) is 0 Å². The number of aryl methyl sites for hydroxylation is 1. The van der Waals surface area contributed by atoms with Crippen LogP contribution in [0.15, 0.2) is 10.7 Å². The summed E-state index contributed by atoms with van der Waals surface area (Å²) >= 11 is 0. The molecule has 0 radical (unpaired) electrons. The molecule has 22 heavy (non-hydrogen) atoms. The molecular formula is C12H17N7O3. The molecule has 0 saturated carbocycles. The quantitative estimate of drug-likeness (QED) is 0.701. The van der Waals surface area contributed by atoms with Gasteiger partial charge >= 0.3 is 6.03 Å². The molecule has 118 valence electrons. The predicted octanol–water partition coefficient (Wildman–Crippen LogP) is -0.198. The van der Waals surface area contributed by atoms with Gasteiger partial charge in [0, 0.05) is 26.0 Å². The summed E-state index contributed by atoms with van der Waals surface area (Å²) in [6, 6.07) is -0.325. The maximum absolute atomic E-state index is 11.9. The molecule has 0 bridgehead atoms. The number of hydrogen-bond donors (Lipinski definition) is 3. The molecule has 0 aromatic carbocycles. The summed E-state index contributed by atoms with van der Waals surface area (Å²) in [5.74, 6) is 0.307. The van der Waals surface area contributed by atoms with Crippen molar-refractivity contribution in [1.29, 1.82) is 0 Å². The first-order chi connectivity index (χ1) is 10.5. The smallest absolute Gasteiger partial charge is 0.317 e. The van der Waals surface area contributed by atoms with Crippen LogP contribution in [0.2, 0.25) is 0 Å². The SMILES string of the molecule is CNC(=O)c1noc(CNC(=O)N(C)Cc2ncc(C)[nH]2)n1. The van der Waals surface area contributed by atoms with Crippen LogP contribution >= 0.6 is 0 Å². The summed E-state index contributed by atoms with van der Waals surface area (Å²) in [5.41, 5.74) is 0.927. The number of imidazole rings is 1.